The Balaban J connectivity index is 4.16. The van der Waals surface area contributed by atoms with Crippen molar-refractivity contribution in [1.29, 1.82) is 0 Å². The predicted molar refractivity (Wildman–Crippen MR) is 64.8 cm³/mol. The molecule has 0 rings (SSSR count). The maximum absolute atomic E-state index is 11.4. The highest BCUT2D eigenvalue weighted by Gasteiger charge is 2.23. The van der Waals surface area contributed by atoms with Crippen molar-refractivity contribution in [2.45, 2.75) is 59.1 Å². The van der Waals surface area contributed by atoms with E-state index < -0.39 is 29.7 Å². The smallest absolute Gasteiger partial charge is 0.408 e. The van der Waals surface area contributed by atoms with Crippen LogP contribution in [0.3, 0.4) is 0 Å². The Labute approximate surface area is 107 Å². The van der Waals surface area contributed by atoms with E-state index in [0.29, 0.717) is 6.42 Å². The fraction of sp³-hybridized carbons (Fsp3) is 0.750. The molecule has 6 nitrogen and oxygen atoms in total. The molecule has 0 aliphatic heterocycles. The van der Waals surface area contributed by atoms with Crippen molar-refractivity contribution in [3.05, 3.63) is 0 Å². The van der Waals surface area contributed by atoms with Gasteiger partial charge in [-0.15, -0.1) is 0 Å². The number of carbonyl (C=O) groups excluding carboxylic acids is 3. The van der Waals surface area contributed by atoms with Crippen molar-refractivity contribution in [1.82, 2.24) is 5.32 Å². The maximum atomic E-state index is 11.4. The van der Waals surface area contributed by atoms with E-state index in [1.165, 1.54) is 6.92 Å². The summed E-state index contributed by atoms with van der Waals surface area (Å²) >= 11 is 0. The first-order valence-corrected chi connectivity index (χ1v) is 5.89. The Kier molecular flexibility index (Phi) is 6.36. The largest absolute Gasteiger partial charge is 0.444 e. The van der Waals surface area contributed by atoms with Crippen molar-refractivity contribution < 1.29 is 23.9 Å². The van der Waals surface area contributed by atoms with Gasteiger partial charge in [-0.05, 0) is 34.1 Å². The number of alkyl carbamates (subject to hydrolysis) is 1. The molecule has 0 bridgehead atoms. The summed E-state index contributed by atoms with van der Waals surface area (Å²) in [6.45, 7) is 8.35. The highest BCUT2D eigenvalue weighted by Crippen LogP contribution is 2.07. The lowest BCUT2D eigenvalue weighted by atomic mass is 10.2. The van der Waals surface area contributed by atoms with Crippen LogP contribution < -0.4 is 5.32 Å². The molecule has 0 spiro atoms. The molecule has 0 saturated carbocycles. The van der Waals surface area contributed by atoms with E-state index >= 15 is 0 Å². The van der Waals surface area contributed by atoms with Gasteiger partial charge >= 0.3 is 18.0 Å². The molecule has 1 amide bonds. The summed E-state index contributed by atoms with van der Waals surface area (Å²) in [5.41, 5.74) is -0.647. The number of nitrogens with one attached hydrogen (secondary N) is 1. The van der Waals surface area contributed by atoms with Gasteiger partial charge in [-0.1, -0.05) is 6.92 Å². The van der Waals surface area contributed by atoms with Crippen molar-refractivity contribution in [2.24, 2.45) is 0 Å². The van der Waals surface area contributed by atoms with Crippen LogP contribution in [0.15, 0.2) is 0 Å². The summed E-state index contributed by atoms with van der Waals surface area (Å²) in [6.07, 6.45) is 0.0418. The van der Waals surface area contributed by atoms with Crippen LogP contribution in [0, 0.1) is 0 Å². The van der Waals surface area contributed by atoms with Crippen LogP contribution in [0.1, 0.15) is 47.5 Å². The third-order valence-electron chi connectivity index (χ3n) is 1.76. The van der Waals surface area contributed by atoms with E-state index in [0.717, 1.165) is 0 Å². The molecule has 1 N–H and O–H groups in total. The average molecular weight is 259 g/mol. The molecule has 18 heavy (non-hydrogen) atoms. The number of hydrogen-bond acceptors (Lipinski definition) is 5. The molecule has 0 radical (unpaired) electrons. The van der Waals surface area contributed by atoms with Gasteiger partial charge in [-0.3, -0.25) is 4.79 Å². The van der Waals surface area contributed by atoms with Gasteiger partial charge in [0.2, 0.25) is 0 Å². The second-order valence-electron chi connectivity index (χ2n) is 4.91. The first kappa shape index (κ1) is 16.4. The van der Waals surface area contributed by atoms with Crippen LogP contribution in [0.4, 0.5) is 4.79 Å². The zero-order chi connectivity index (χ0) is 14.3. The summed E-state index contributed by atoms with van der Waals surface area (Å²) in [5, 5.41) is 2.30. The Bertz CT molecular complexity index is 319. The Hall–Kier alpha value is -1.59. The Morgan fingerprint density at radius 3 is 2.22 bits per heavy atom. The number of hydrogen-bond donors (Lipinski definition) is 1. The third-order valence-corrected chi connectivity index (χ3v) is 1.76. The fourth-order valence-electron chi connectivity index (χ4n) is 0.999. The molecule has 0 aromatic carbocycles. The minimum atomic E-state index is -0.930. The molecular formula is C12H21NO5. The lowest BCUT2D eigenvalue weighted by molar-refractivity contribution is -0.160. The second-order valence-corrected chi connectivity index (χ2v) is 4.91. The van der Waals surface area contributed by atoms with Crippen LogP contribution in [0.5, 0.6) is 0 Å². The van der Waals surface area contributed by atoms with Gasteiger partial charge in [-0.25, -0.2) is 9.59 Å². The summed E-state index contributed by atoms with van der Waals surface area (Å²) in [4.78, 5) is 33.9. The average Bonchev–Trinajstić information content (AvgIpc) is 2.14. The van der Waals surface area contributed by atoms with Crippen molar-refractivity contribution >= 4 is 18.0 Å². The maximum Gasteiger partial charge on any atom is 0.408 e. The number of rotatable bonds is 4. The van der Waals surface area contributed by atoms with Gasteiger partial charge in [0.15, 0.2) is 0 Å². The zero-order valence-corrected chi connectivity index (χ0v) is 11.5. The van der Waals surface area contributed by atoms with E-state index in [1.807, 2.05) is 0 Å². The van der Waals surface area contributed by atoms with Crippen LogP contribution in [-0.2, 0) is 19.1 Å². The lowest BCUT2D eigenvalue weighted by Crippen LogP contribution is -2.42. The third kappa shape index (κ3) is 7.65. The second kappa shape index (κ2) is 6.98. The molecule has 104 valence electrons. The fourth-order valence-corrected chi connectivity index (χ4v) is 0.999. The van der Waals surface area contributed by atoms with Crippen LogP contribution >= 0.6 is 0 Å². The van der Waals surface area contributed by atoms with Crippen molar-refractivity contribution in [3.63, 3.8) is 0 Å². The van der Waals surface area contributed by atoms with E-state index in [9.17, 15) is 14.4 Å². The topological polar surface area (TPSA) is 81.7 Å². The lowest BCUT2D eigenvalue weighted by Gasteiger charge is -2.21. The van der Waals surface area contributed by atoms with Gasteiger partial charge in [0.05, 0.1) is 0 Å². The first-order chi connectivity index (χ1) is 8.15. The van der Waals surface area contributed by atoms with Crippen molar-refractivity contribution in [3.8, 4) is 0 Å². The van der Waals surface area contributed by atoms with Crippen LogP contribution in [0.2, 0.25) is 0 Å². The molecule has 0 saturated heterocycles. The van der Waals surface area contributed by atoms with Crippen LogP contribution in [0.25, 0.3) is 0 Å². The number of ether oxygens (including phenoxy) is 2. The SMILES string of the molecule is CCCC(=O)OC(=O)[C@H](C)NC(=O)OC(C)(C)C. The minimum Gasteiger partial charge on any atom is -0.444 e. The highest BCUT2D eigenvalue weighted by molar-refractivity contribution is 5.89. The number of amides is 1. The molecule has 0 aliphatic carbocycles. The minimum absolute atomic E-state index is 0.172. The summed E-state index contributed by atoms with van der Waals surface area (Å²) in [5.74, 6) is -1.39. The van der Waals surface area contributed by atoms with E-state index in [1.54, 1.807) is 27.7 Å². The van der Waals surface area contributed by atoms with Crippen molar-refractivity contribution in [2.75, 3.05) is 0 Å². The first-order valence-electron chi connectivity index (χ1n) is 5.89. The number of esters is 2. The zero-order valence-electron chi connectivity index (χ0n) is 11.5. The molecule has 6 heteroatoms. The Morgan fingerprint density at radius 2 is 1.78 bits per heavy atom. The summed E-state index contributed by atoms with van der Waals surface area (Å²) in [7, 11) is 0. The van der Waals surface area contributed by atoms with E-state index in [4.69, 9.17) is 4.74 Å². The molecule has 0 heterocycles. The van der Waals surface area contributed by atoms with Gasteiger partial charge < -0.3 is 14.8 Å². The Morgan fingerprint density at radius 1 is 1.22 bits per heavy atom. The summed E-state index contributed by atoms with van der Waals surface area (Å²) < 4.78 is 9.50. The molecule has 1 atom stereocenters. The standard InChI is InChI=1S/C12H21NO5/c1-6-7-9(14)17-10(15)8(2)13-11(16)18-12(3,4)5/h8H,6-7H2,1-5H3,(H,13,16)/t8-/m0/s1. The van der Waals surface area contributed by atoms with Gasteiger partial charge in [-0.2, -0.15) is 0 Å². The number of carbonyl (C=O) groups is 3. The molecular weight excluding hydrogens is 238 g/mol. The quantitative estimate of drug-likeness (QED) is 0.614. The van der Waals surface area contributed by atoms with Crippen LogP contribution in [-0.4, -0.2) is 29.7 Å². The molecule has 0 aromatic heterocycles. The highest BCUT2D eigenvalue weighted by atomic mass is 16.6. The monoisotopic (exact) mass is 259 g/mol. The molecule has 0 aromatic rings. The molecule has 0 unspecified atom stereocenters. The van der Waals surface area contributed by atoms with Gasteiger partial charge in [0.1, 0.15) is 11.6 Å². The van der Waals surface area contributed by atoms with E-state index in [2.05, 4.69) is 10.1 Å². The van der Waals surface area contributed by atoms with Gasteiger partial charge in [0, 0.05) is 6.42 Å². The molecule has 0 fully saturated rings. The van der Waals surface area contributed by atoms with E-state index in [-0.39, 0.29) is 6.42 Å². The van der Waals surface area contributed by atoms with Gasteiger partial charge in [0.25, 0.3) is 0 Å². The molecule has 0 aliphatic rings. The summed E-state index contributed by atoms with van der Waals surface area (Å²) in [6, 6.07) is -0.930. The predicted octanol–water partition coefficient (Wildman–Crippen LogP) is 1.77. The normalized spacial score (nSPS) is 12.5.